The van der Waals surface area contributed by atoms with Crippen LogP contribution in [-0.2, 0) is 0 Å². The third-order valence-electron chi connectivity index (χ3n) is 3.13. The van der Waals surface area contributed by atoms with Gasteiger partial charge >= 0.3 is 0 Å². The summed E-state index contributed by atoms with van der Waals surface area (Å²) in [7, 11) is 0. The predicted octanol–water partition coefficient (Wildman–Crippen LogP) is 2.11. The molecule has 84 valence electrons. The van der Waals surface area contributed by atoms with Gasteiger partial charge in [-0.2, -0.15) is 0 Å². The van der Waals surface area contributed by atoms with E-state index in [9.17, 15) is 0 Å². The first-order chi connectivity index (χ1) is 6.95. The highest BCUT2D eigenvalue weighted by Gasteiger charge is 2.18. The Bertz CT molecular complexity index is 124. The predicted molar refractivity (Wildman–Crippen MR) is 62.6 cm³/mol. The Balaban J connectivity index is 0.000000461. The van der Waals surface area contributed by atoms with Crippen LogP contribution in [0.4, 0.5) is 0 Å². The second-order valence-electron chi connectivity index (χ2n) is 4.22. The van der Waals surface area contributed by atoms with Crippen molar-refractivity contribution in [3.8, 4) is 0 Å². The second-order valence-corrected chi connectivity index (χ2v) is 4.22. The lowest BCUT2D eigenvalue weighted by molar-refractivity contribution is 0.200. The number of hydrogen-bond acceptors (Lipinski definition) is 2. The minimum absolute atomic E-state index is 0.947. The average molecular weight is 198 g/mol. The molecule has 2 rings (SSSR count). The fourth-order valence-electron chi connectivity index (χ4n) is 2.38. The molecule has 2 heterocycles. The molecule has 0 aromatic rings. The molecule has 0 saturated carbocycles. The first-order valence-electron chi connectivity index (χ1n) is 6.38. The van der Waals surface area contributed by atoms with Gasteiger partial charge in [0, 0.05) is 6.54 Å². The normalized spacial score (nSPS) is 28.3. The zero-order valence-electron chi connectivity index (χ0n) is 9.89. The van der Waals surface area contributed by atoms with Crippen LogP contribution >= 0.6 is 0 Å². The smallest absolute Gasteiger partial charge is 0.00223 e. The lowest BCUT2D eigenvalue weighted by Gasteiger charge is -2.28. The summed E-state index contributed by atoms with van der Waals surface area (Å²) in [5.74, 6) is 0.947. The molecule has 0 aromatic carbocycles. The Labute approximate surface area is 89.1 Å². The van der Waals surface area contributed by atoms with Crippen LogP contribution in [0.2, 0.25) is 0 Å². The maximum absolute atomic E-state index is 3.44. The molecule has 2 fully saturated rings. The van der Waals surface area contributed by atoms with Crippen molar-refractivity contribution in [2.45, 2.75) is 39.5 Å². The minimum Gasteiger partial charge on any atom is -0.316 e. The molecule has 1 atom stereocenters. The van der Waals surface area contributed by atoms with Crippen LogP contribution < -0.4 is 5.32 Å². The summed E-state index contributed by atoms with van der Waals surface area (Å²) >= 11 is 0. The Morgan fingerprint density at radius 1 is 1.14 bits per heavy atom. The molecule has 2 nitrogen and oxygen atoms in total. The summed E-state index contributed by atoms with van der Waals surface area (Å²) in [5.41, 5.74) is 0. The Morgan fingerprint density at radius 2 is 1.86 bits per heavy atom. The second kappa shape index (κ2) is 7.24. The quantitative estimate of drug-likeness (QED) is 0.731. The van der Waals surface area contributed by atoms with E-state index in [1.165, 1.54) is 58.4 Å². The fraction of sp³-hybridized carbons (Fsp3) is 1.00. The summed E-state index contributed by atoms with van der Waals surface area (Å²) in [5, 5.41) is 3.44. The zero-order chi connectivity index (χ0) is 10.2. The molecular formula is C12H26N2. The summed E-state index contributed by atoms with van der Waals surface area (Å²) < 4.78 is 0. The standard InChI is InChI=1S/C10H20N2.C2H6/c1-2-6-12(7-3-1)9-10-4-5-11-8-10;1-2/h10-11H,1-9H2;1-2H3/t10-;/m1./s1. The first kappa shape index (κ1) is 12.0. The molecule has 0 amide bonds. The molecular weight excluding hydrogens is 172 g/mol. The minimum atomic E-state index is 0.947. The SMILES string of the molecule is C1CCN(C[C@@H]2CCNC2)CC1.CC. The molecule has 0 aromatic heterocycles. The van der Waals surface area contributed by atoms with E-state index in [0.29, 0.717) is 0 Å². The lowest BCUT2D eigenvalue weighted by atomic mass is 10.1. The summed E-state index contributed by atoms with van der Waals surface area (Å²) in [6, 6.07) is 0. The summed E-state index contributed by atoms with van der Waals surface area (Å²) in [6.07, 6.45) is 5.72. The fourth-order valence-corrected chi connectivity index (χ4v) is 2.38. The molecule has 0 radical (unpaired) electrons. The van der Waals surface area contributed by atoms with Crippen molar-refractivity contribution in [2.24, 2.45) is 5.92 Å². The van der Waals surface area contributed by atoms with Crippen LogP contribution in [0.25, 0.3) is 0 Å². The van der Waals surface area contributed by atoms with Gasteiger partial charge in [-0.15, -0.1) is 0 Å². The van der Waals surface area contributed by atoms with E-state index in [4.69, 9.17) is 0 Å². The molecule has 2 heteroatoms. The molecule has 0 unspecified atom stereocenters. The van der Waals surface area contributed by atoms with Crippen LogP contribution in [0.15, 0.2) is 0 Å². The first-order valence-corrected chi connectivity index (χ1v) is 6.38. The van der Waals surface area contributed by atoms with Crippen molar-refractivity contribution in [1.82, 2.24) is 10.2 Å². The summed E-state index contributed by atoms with van der Waals surface area (Å²) in [6.45, 7) is 10.6. The molecule has 2 saturated heterocycles. The van der Waals surface area contributed by atoms with Gasteiger partial charge in [0.25, 0.3) is 0 Å². The largest absolute Gasteiger partial charge is 0.316 e. The van der Waals surface area contributed by atoms with Crippen molar-refractivity contribution in [3.05, 3.63) is 0 Å². The molecule has 0 spiro atoms. The maximum atomic E-state index is 3.44. The lowest BCUT2D eigenvalue weighted by Crippen LogP contribution is -2.34. The van der Waals surface area contributed by atoms with E-state index >= 15 is 0 Å². The molecule has 0 aliphatic carbocycles. The van der Waals surface area contributed by atoms with Crippen molar-refractivity contribution >= 4 is 0 Å². The topological polar surface area (TPSA) is 15.3 Å². The van der Waals surface area contributed by atoms with E-state index in [0.717, 1.165) is 5.92 Å². The van der Waals surface area contributed by atoms with E-state index in [-0.39, 0.29) is 0 Å². The Kier molecular flexibility index (Phi) is 6.20. The Hall–Kier alpha value is -0.0800. The summed E-state index contributed by atoms with van der Waals surface area (Å²) in [4.78, 5) is 2.65. The third kappa shape index (κ3) is 3.97. The van der Waals surface area contributed by atoms with Gasteiger partial charge in [0.1, 0.15) is 0 Å². The van der Waals surface area contributed by atoms with Gasteiger partial charge in [-0.3, -0.25) is 0 Å². The monoisotopic (exact) mass is 198 g/mol. The number of hydrogen-bond donors (Lipinski definition) is 1. The highest BCUT2D eigenvalue weighted by atomic mass is 15.1. The van der Waals surface area contributed by atoms with Gasteiger partial charge in [-0.1, -0.05) is 20.3 Å². The van der Waals surface area contributed by atoms with Crippen molar-refractivity contribution < 1.29 is 0 Å². The van der Waals surface area contributed by atoms with Gasteiger partial charge in [-0.25, -0.2) is 0 Å². The Morgan fingerprint density at radius 3 is 2.43 bits per heavy atom. The number of likely N-dealkylation sites (tertiary alicyclic amines) is 1. The number of nitrogens with one attached hydrogen (secondary N) is 1. The van der Waals surface area contributed by atoms with Crippen LogP contribution in [-0.4, -0.2) is 37.6 Å². The van der Waals surface area contributed by atoms with E-state index in [1.54, 1.807) is 0 Å². The van der Waals surface area contributed by atoms with E-state index in [1.807, 2.05) is 13.8 Å². The van der Waals surface area contributed by atoms with Gasteiger partial charge in [-0.05, 0) is 51.4 Å². The third-order valence-corrected chi connectivity index (χ3v) is 3.13. The van der Waals surface area contributed by atoms with Crippen LogP contribution in [0, 0.1) is 5.92 Å². The van der Waals surface area contributed by atoms with E-state index in [2.05, 4.69) is 10.2 Å². The van der Waals surface area contributed by atoms with Crippen LogP contribution in [0.1, 0.15) is 39.5 Å². The van der Waals surface area contributed by atoms with Gasteiger partial charge < -0.3 is 10.2 Å². The number of nitrogens with zero attached hydrogens (tertiary/aromatic N) is 1. The molecule has 1 N–H and O–H groups in total. The zero-order valence-corrected chi connectivity index (χ0v) is 9.89. The van der Waals surface area contributed by atoms with Gasteiger partial charge in [0.2, 0.25) is 0 Å². The maximum Gasteiger partial charge on any atom is 0.00223 e. The van der Waals surface area contributed by atoms with Crippen LogP contribution in [0.3, 0.4) is 0 Å². The molecule has 2 aliphatic heterocycles. The van der Waals surface area contributed by atoms with Crippen molar-refractivity contribution in [1.29, 1.82) is 0 Å². The van der Waals surface area contributed by atoms with Gasteiger partial charge in [0.15, 0.2) is 0 Å². The number of piperidine rings is 1. The van der Waals surface area contributed by atoms with Gasteiger partial charge in [0.05, 0.1) is 0 Å². The van der Waals surface area contributed by atoms with Crippen LogP contribution in [0.5, 0.6) is 0 Å². The highest BCUT2D eigenvalue weighted by Crippen LogP contribution is 2.14. The molecule has 0 bridgehead atoms. The highest BCUT2D eigenvalue weighted by molar-refractivity contribution is 4.76. The van der Waals surface area contributed by atoms with Crippen molar-refractivity contribution in [3.63, 3.8) is 0 Å². The van der Waals surface area contributed by atoms with E-state index < -0.39 is 0 Å². The average Bonchev–Trinajstić information content (AvgIpc) is 2.75. The van der Waals surface area contributed by atoms with Crippen molar-refractivity contribution in [2.75, 3.05) is 32.7 Å². The number of rotatable bonds is 2. The molecule has 2 aliphatic rings. The molecule has 14 heavy (non-hydrogen) atoms.